The van der Waals surface area contributed by atoms with Gasteiger partial charge in [-0.25, -0.2) is 0 Å². The molecule has 0 radical (unpaired) electrons. The second-order valence-corrected chi connectivity index (χ2v) is 3.91. The van der Waals surface area contributed by atoms with Crippen LogP contribution in [0.4, 0.5) is 5.69 Å². The van der Waals surface area contributed by atoms with Crippen LogP contribution in [0.3, 0.4) is 0 Å². The van der Waals surface area contributed by atoms with E-state index in [0.717, 1.165) is 0 Å². The molecule has 0 aromatic heterocycles. The Morgan fingerprint density at radius 3 is 2.50 bits per heavy atom. The van der Waals surface area contributed by atoms with Crippen molar-refractivity contribution in [1.29, 1.82) is 0 Å². The highest BCUT2D eigenvalue weighted by atomic mass is 35.5. The number of carbonyl (C=O) groups excluding carboxylic acids is 1. The second kappa shape index (κ2) is 9.41. The average molecular weight is 305 g/mol. The van der Waals surface area contributed by atoms with Crippen LogP contribution < -0.4 is 20.5 Å². The molecule has 0 bridgehead atoms. The van der Waals surface area contributed by atoms with Crippen LogP contribution in [0.15, 0.2) is 18.2 Å². The molecule has 0 spiro atoms. The van der Waals surface area contributed by atoms with Gasteiger partial charge in [-0.15, -0.1) is 12.4 Å². The predicted molar refractivity (Wildman–Crippen MR) is 79.9 cm³/mol. The largest absolute Gasteiger partial charge is 0.497 e. The molecule has 114 valence electrons. The first kappa shape index (κ1) is 18.5. The molecule has 1 aromatic rings. The third kappa shape index (κ3) is 5.24. The maximum atomic E-state index is 11.8. The van der Waals surface area contributed by atoms with Gasteiger partial charge in [-0.1, -0.05) is 0 Å². The van der Waals surface area contributed by atoms with Gasteiger partial charge in [0.2, 0.25) is 5.91 Å². The Bertz CT molecular complexity index is 425. The van der Waals surface area contributed by atoms with Gasteiger partial charge in [-0.05, 0) is 12.1 Å². The number of halogens is 1. The Hall–Kier alpha value is -1.50. The van der Waals surface area contributed by atoms with E-state index in [2.05, 4.69) is 5.32 Å². The maximum Gasteiger partial charge on any atom is 0.227 e. The Morgan fingerprint density at radius 1 is 1.30 bits per heavy atom. The minimum atomic E-state index is -0.288. The highest BCUT2D eigenvalue weighted by Gasteiger charge is 2.13. The van der Waals surface area contributed by atoms with Gasteiger partial charge in [0, 0.05) is 19.7 Å². The van der Waals surface area contributed by atoms with E-state index in [0.29, 0.717) is 23.7 Å². The van der Waals surface area contributed by atoms with Gasteiger partial charge in [0.1, 0.15) is 11.5 Å². The lowest BCUT2D eigenvalue weighted by atomic mass is 10.2. The summed E-state index contributed by atoms with van der Waals surface area (Å²) in [6, 6.07) is 5.17. The molecule has 0 fully saturated rings. The summed E-state index contributed by atoms with van der Waals surface area (Å²) in [6.45, 7) is 0.295. The molecule has 0 heterocycles. The van der Waals surface area contributed by atoms with Gasteiger partial charge in [0.25, 0.3) is 0 Å². The molecule has 1 unspecified atom stereocenters. The molecule has 0 aliphatic heterocycles. The fourth-order valence-electron chi connectivity index (χ4n) is 1.57. The lowest BCUT2D eigenvalue weighted by molar-refractivity contribution is -0.118. The zero-order valence-corrected chi connectivity index (χ0v) is 12.7. The van der Waals surface area contributed by atoms with E-state index in [1.54, 1.807) is 25.3 Å². The second-order valence-electron chi connectivity index (χ2n) is 3.91. The van der Waals surface area contributed by atoms with Crippen LogP contribution >= 0.6 is 12.4 Å². The Balaban J connectivity index is 0.00000361. The SMILES string of the molecule is COc1ccc(NC(=O)CC(CN)OC)c(OC)c1.Cl. The maximum absolute atomic E-state index is 11.8. The topological polar surface area (TPSA) is 82.8 Å². The number of hydrogen-bond donors (Lipinski definition) is 2. The number of anilines is 1. The molecule has 0 saturated carbocycles. The van der Waals surface area contributed by atoms with Gasteiger partial charge >= 0.3 is 0 Å². The normalized spacial score (nSPS) is 11.2. The number of nitrogens with two attached hydrogens (primary N) is 1. The monoisotopic (exact) mass is 304 g/mol. The van der Waals surface area contributed by atoms with Crippen molar-refractivity contribution in [2.45, 2.75) is 12.5 Å². The third-order valence-corrected chi connectivity index (χ3v) is 2.69. The molecule has 3 N–H and O–H groups in total. The molecule has 1 rings (SSSR count). The summed E-state index contributed by atoms with van der Waals surface area (Å²) in [5.74, 6) is 1.02. The Labute approximate surface area is 125 Å². The molecule has 0 aliphatic rings. The van der Waals surface area contributed by atoms with Crippen molar-refractivity contribution in [2.24, 2.45) is 5.73 Å². The molecule has 1 aromatic carbocycles. The van der Waals surface area contributed by atoms with Crippen molar-refractivity contribution in [3.05, 3.63) is 18.2 Å². The molecule has 0 saturated heterocycles. The molecular weight excluding hydrogens is 284 g/mol. The van der Waals surface area contributed by atoms with Crippen molar-refractivity contribution >= 4 is 24.0 Å². The fourth-order valence-corrected chi connectivity index (χ4v) is 1.57. The van der Waals surface area contributed by atoms with Crippen molar-refractivity contribution in [3.8, 4) is 11.5 Å². The van der Waals surface area contributed by atoms with E-state index in [4.69, 9.17) is 19.9 Å². The van der Waals surface area contributed by atoms with E-state index in [-0.39, 0.29) is 30.8 Å². The fraction of sp³-hybridized carbons (Fsp3) is 0.462. The number of rotatable bonds is 7. The summed E-state index contributed by atoms with van der Waals surface area (Å²) < 4.78 is 15.3. The van der Waals surface area contributed by atoms with Gasteiger partial charge in [0.05, 0.1) is 32.4 Å². The Morgan fingerprint density at radius 2 is 2.00 bits per heavy atom. The van der Waals surface area contributed by atoms with Crippen molar-refractivity contribution in [3.63, 3.8) is 0 Å². The predicted octanol–water partition coefficient (Wildman–Crippen LogP) is 1.43. The smallest absolute Gasteiger partial charge is 0.227 e. The van der Waals surface area contributed by atoms with Crippen molar-refractivity contribution < 1.29 is 19.0 Å². The van der Waals surface area contributed by atoms with E-state index in [1.807, 2.05) is 0 Å². The highest BCUT2D eigenvalue weighted by molar-refractivity contribution is 5.92. The standard InChI is InChI=1S/C13H20N2O4.ClH/c1-17-9-4-5-11(12(6-9)19-3)15-13(16)7-10(8-14)18-2;/h4-6,10H,7-8,14H2,1-3H3,(H,15,16);1H. The van der Waals surface area contributed by atoms with E-state index in [9.17, 15) is 4.79 Å². The summed E-state index contributed by atoms with van der Waals surface area (Å²) in [6.07, 6.45) is -0.0911. The van der Waals surface area contributed by atoms with Crippen LogP contribution in [0.1, 0.15) is 6.42 Å². The summed E-state index contributed by atoms with van der Waals surface area (Å²) >= 11 is 0. The number of nitrogens with one attached hydrogen (secondary N) is 1. The van der Waals surface area contributed by atoms with Crippen LogP contribution in [0.25, 0.3) is 0 Å². The molecule has 1 amide bonds. The summed E-state index contributed by atoms with van der Waals surface area (Å²) in [7, 11) is 4.62. The number of methoxy groups -OCH3 is 3. The van der Waals surface area contributed by atoms with Crippen LogP contribution in [0, 0.1) is 0 Å². The van der Waals surface area contributed by atoms with Gasteiger partial charge in [0.15, 0.2) is 0 Å². The average Bonchev–Trinajstić information content (AvgIpc) is 2.45. The quantitative estimate of drug-likeness (QED) is 0.796. The number of benzene rings is 1. The molecule has 6 nitrogen and oxygen atoms in total. The number of amides is 1. The molecule has 7 heteroatoms. The summed E-state index contributed by atoms with van der Waals surface area (Å²) in [4.78, 5) is 11.8. The molecule has 0 aliphatic carbocycles. The highest BCUT2D eigenvalue weighted by Crippen LogP contribution is 2.29. The summed E-state index contributed by atoms with van der Waals surface area (Å²) in [5.41, 5.74) is 6.06. The van der Waals surface area contributed by atoms with Gasteiger partial charge < -0.3 is 25.3 Å². The molecular formula is C13H21ClN2O4. The molecule has 20 heavy (non-hydrogen) atoms. The van der Waals surface area contributed by atoms with Crippen LogP contribution in [0.2, 0.25) is 0 Å². The minimum absolute atomic E-state index is 0. The number of carbonyl (C=O) groups is 1. The zero-order valence-electron chi connectivity index (χ0n) is 11.8. The third-order valence-electron chi connectivity index (χ3n) is 2.69. The van der Waals surface area contributed by atoms with Crippen LogP contribution in [-0.2, 0) is 9.53 Å². The zero-order chi connectivity index (χ0) is 14.3. The first-order chi connectivity index (χ1) is 9.14. The summed E-state index contributed by atoms with van der Waals surface area (Å²) in [5, 5.41) is 2.76. The number of ether oxygens (including phenoxy) is 3. The van der Waals surface area contributed by atoms with Crippen LogP contribution in [0.5, 0.6) is 11.5 Å². The lowest BCUT2D eigenvalue weighted by Gasteiger charge is -2.14. The Kier molecular flexibility index (Phi) is 8.71. The van der Waals surface area contributed by atoms with Crippen molar-refractivity contribution in [1.82, 2.24) is 0 Å². The minimum Gasteiger partial charge on any atom is -0.497 e. The van der Waals surface area contributed by atoms with Gasteiger partial charge in [-0.2, -0.15) is 0 Å². The van der Waals surface area contributed by atoms with E-state index in [1.165, 1.54) is 14.2 Å². The van der Waals surface area contributed by atoms with E-state index >= 15 is 0 Å². The van der Waals surface area contributed by atoms with Gasteiger partial charge in [-0.3, -0.25) is 4.79 Å². The number of hydrogen-bond acceptors (Lipinski definition) is 5. The first-order valence-corrected chi connectivity index (χ1v) is 5.89. The lowest BCUT2D eigenvalue weighted by Crippen LogP contribution is -2.28. The molecule has 1 atom stereocenters. The first-order valence-electron chi connectivity index (χ1n) is 5.89. The van der Waals surface area contributed by atoms with Crippen molar-refractivity contribution in [2.75, 3.05) is 33.2 Å². The van der Waals surface area contributed by atoms with Crippen LogP contribution in [-0.4, -0.2) is 39.9 Å². The van der Waals surface area contributed by atoms with E-state index < -0.39 is 0 Å².